The van der Waals surface area contributed by atoms with Crippen LogP contribution >= 0.6 is 11.9 Å². The minimum atomic E-state index is -4.47. The molecule has 7 nitrogen and oxygen atoms in total. The third-order valence-corrected chi connectivity index (χ3v) is 7.69. The van der Waals surface area contributed by atoms with E-state index in [1.54, 1.807) is 18.6 Å². The van der Waals surface area contributed by atoms with Gasteiger partial charge in [0, 0.05) is 50.1 Å². The highest BCUT2D eigenvalue weighted by Gasteiger charge is 2.45. The Hall–Kier alpha value is -2.27. The number of piperidine rings is 1. The quantitative estimate of drug-likeness (QED) is 0.719. The molecule has 4 heterocycles. The van der Waals surface area contributed by atoms with E-state index in [0.717, 1.165) is 54.6 Å². The highest BCUT2D eigenvalue weighted by atomic mass is 32.2. The van der Waals surface area contributed by atoms with E-state index in [1.165, 1.54) is 31.3 Å². The first-order valence-corrected chi connectivity index (χ1v) is 11.2. The van der Waals surface area contributed by atoms with Crippen LogP contribution < -0.4 is 10.6 Å². The first-order chi connectivity index (χ1) is 14.9. The van der Waals surface area contributed by atoms with E-state index >= 15 is 0 Å². The molecule has 0 radical (unpaired) electrons. The number of anilines is 1. The number of aromatic nitrogens is 3. The summed E-state index contributed by atoms with van der Waals surface area (Å²) in [6.45, 7) is 1.72. The zero-order valence-electron chi connectivity index (χ0n) is 16.9. The van der Waals surface area contributed by atoms with Gasteiger partial charge in [-0.25, -0.2) is 9.97 Å². The summed E-state index contributed by atoms with van der Waals surface area (Å²) >= 11 is 0.936. The fraction of sp³-hybridized carbons (Fsp3) is 0.550. The van der Waals surface area contributed by atoms with Crippen molar-refractivity contribution in [2.75, 3.05) is 18.0 Å². The molecule has 2 aliphatic heterocycles. The molecule has 2 aromatic heterocycles. The lowest BCUT2D eigenvalue weighted by atomic mass is 9.74. The molecule has 31 heavy (non-hydrogen) atoms. The van der Waals surface area contributed by atoms with Gasteiger partial charge in [-0.1, -0.05) is 6.42 Å². The second kappa shape index (κ2) is 7.70. The van der Waals surface area contributed by atoms with Gasteiger partial charge in [0.1, 0.15) is 0 Å². The lowest BCUT2D eigenvalue weighted by molar-refractivity contribution is -0.163. The van der Waals surface area contributed by atoms with Gasteiger partial charge in [0.05, 0.1) is 4.90 Å². The van der Waals surface area contributed by atoms with Crippen LogP contribution in [0.4, 0.5) is 19.1 Å². The smallest absolute Gasteiger partial charge is 0.342 e. The van der Waals surface area contributed by atoms with Crippen molar-refractivity contribution in [1.82, 2.24) is 18.7 Å². The third kappa shape index (κ3) is 3.67. The molecule has 1 aliphatic carbocycles. The van der Waals surface area contributed by atoms with Gasteiger partial charge in [-0.15, -0.1) is 0 Å². The second-order valence-corrected chi connectivity index (χ2v) is 9.44. The largest absolute Gasteiger partial charge is 0.430 e. The summed E-state index contributed by atoms with van der Waals surface area (Å²) in [6, 6.07) is 0.275. The maximum Gasteiger partial charge on any atom is 0.430 e. The Morgan fingerprint density at radius 2 is 1.97 bits per heavy atom. The molecular formula is C20H24F3N7S. The number of fused-ring (bicyclic) bond motifs is 1. The van der Waals surface area contributed by atoms with Gasteiger partial charge in [0.25, 0.3) is 0 Å². The Morgan fingerprint density at radius 1 is 1.16 bits per heavy atom. The first-order valence-electron chi connectivity index (χ1n) is 10.4. The highest BCUT2D eigenvalue weighted by molar-refractivity contribution is 7.97. The van der Waals surface area contributed by atoms with Gasteiger partial charge in [0.15, 0.2) is 5.65 Å². The third-order valence-electron chi connectivity index (χ3n) is 6.68. The lowest BCUT2D eigenvalue weighted by Crippen LogP contribution is -2.47. The molecule has 5 rings (SSSR count). The van der Waals surface area contributed by atoms with Crippen molar-refractivity contribution in [3.63, 3.8) is 0 Å². The molecule has 1 unspecified atom stereocenters. The summed E-state index contributed by atoms with van der Waals surface area (Å²) < 4.78 is 43.0. The molecule has 2 atom stereocenters. The van der Waals surface area contributed by atoms with Crippen LogP contribution in [0.25, 0.3) is 5.65 Å². The summed E-state index contributed by atoms with van der Waals surface area (Å²) in [5, 5.41) is 0. The van der Waals surface area contributed by atoms with Gasteiger partial charge >= 0.3 is 6.18 Å². The number of aliphatic imine (C=N–C) groups is 1. The number of nitrogens with two attached hydrogens (primary N) is 1. The second-order valence-electron chi connectivity index (χ2n) is 8.40. The van der Waals surface area contributed by atoms with Crippen molar-refractivity contribution in [2.45, 2.75) is 55.4 Å². The molecule has 0 bridgehead atoms. The summed E-state index contributed by atoms with van der Waals surface area (Å²) in [6.07, 6.45) is 8.23. The summed E-state index contributed by atoms with van der Waals surface area (Å²) in [7, 11) is 0. The number of nitrogens with zero attached hydrogens (tertiary/aromatic N) is 6. The summed E-state index contributed by atoms with van der Waals surface area (Å²) in [4.78, 5) is 15.4. The molecule has 2 aromatic rings. The van der Waals surface area contributed by atoms with Crippen LogP contribution in [0, 0.1) is 5.41 Å². The molecule has 1 spiro atoms. The Labute approximate surface area is 182 Å². The summed E-state index contributed by atoms with van der Waals surface area (Å²) in [5.74, 6) is 0.762. The Kier molecular flexibility index (Phi) is 5.12. The molecule has 0 amide bonds. The normalized spacial score (nSPS) is 25.8. The molecule has 1 saturated carbocycles. The molecule has 11 heteroatoms. The van der Waals surface area contributed by atoms with Gasteiger partial charge in [-0.2, -0.15) is 13.2 Å². The highest BCUT2D eigenvalue weighted by Crippen LogP contribution is 2.46. The predicted octanol–water partition coefficient (Wildman–Crippen LogP) is 3.62. The predicted molar refractivity (Wildman–Crippen MR) is 114 cm³/mol. The van der Waals surface area contributed by atoms with E-state index in [-0.39, 0.29) is 11.5 Å². The number of allylic oxidation sites excluding steroid dienone is 1. The Balaban J connectivity index is 1.38. The van der Waals surface area contributed by atoms with Crippen LogP contribution in [-0.4, -0.2) is 56.4 Å². The van der Waals surface area contributed by atoms with Crippen LogP contribution in [-0.2, 0) is 0 Å². The minimum absolute atomic E-state index is 0.244. The SMILES string of the molecule is N[C@@H]1CCCC12CCN(c1ncc(SN3C=CC=NC3C(F)(F)F)c3nccn13)CC2. The van der Waals surface area contributed by atoms with Crippen molar-refractivity contribution in [1.29, 1.82) is 0 Å². The Morgan fingerprint density at radius 3 is 2.68 bits per heavy atom. The molecule has 2 N–H and O–H groups in total. The van der Waals surface area contributed by atoms with Crippen molar-refractivity contribution >= 4 is 29.8 Å². The molecule has 0 aromatic carbocycles. The van der Waals surface area contributed by atoms with Gasteiger partial charge < -0.3 is 10.6 Å². The number of hydrogen-bond acceptors (Lipinski definition) is 7. The molecule has 1 saturated heterocycles. The maximum atomic E-state index is 13.4. The minimum Gasteiger partial charge on any atom is -0.342 e. The number of imidazole rings is 1. The van der Waals surface area contributed by atoms with Gasteiger partial charge in [0.2, 0.25) is 12.1 Å². The fourth-order valence-electron chi connectivity index (χ4n) is 4.94. The standard InChI is InChI=1S/C20H24F3N7S/c21-20(22,23)17-26-7-2-9-30(17)31-14-13-27-18(29-12-8-25-16(14)29)28-10-5-19(6-11-28)4-1-3-15(19)24/h2,7-9,12-13,15,17H,1,3-6,10-11,24H2/t15-,17?/m1/s1. The van der Waals surface area contributed by atoms with Gasteiger partial charge in [-0.3, -0.25) is 13.7 Å². The molecular weight excluding hydrogens is 427 g/mol. The lowest BCUT2D eigenvalue weighted by Gasteiger charge is -2.42. The number of hydrogen-bond donors (Lipinski definition) is 1. The number of rotatable bonds is 3. The fourth-order valence-corrected chi connectivity index (χ4v) is 5.91. The summed E-state index contributed by atoms with van der Waals surface area (Å²) in [5.41, 5.74) is 7.23. The van der Waals surface area contributed by atoms with E-state index < -0.39 is 12.3 Å². The van der Waals surface area contributed by atoms with E-state index in [0.29, 0.717) is 10.5 Å². The van der Waals surface area contributed by atoms with Crippen LogP contribution in [0.15, 0.2) is 40.8 Å². The molecule has 2 fully saturated rings. The molecule has 166 valence electrons. The number of halogens is 3. The van der Waals surface area contributed by atoms with E-state index in [4.69, 9.17) is 5.73 Å². The van der Waals surface area contributed by atoms with Crippen LogP contribution in [0.1, 0.15) is 32.1 Å². The zero-order chi connectivity index (χ0) is 21.6. The van der Waals surface area contributed by atoms with E-state index in [9.17, 15) is 13.2 Å². The first kappa shape index (κ1) is 20.6. The van der Waals surface area contributed by atoms with Crippen LogP contribution in [0.5, 0.6) is 0 Å². The van der Waals surface area contributed by atoms with E-state index in [2.05, 4.69) is 19.9 Å². The zero-order valence-corrected chi connectivity index (χ0v) is 17.7. The number of alkyl halides is 3. The topological polar surface area (TPSA) is 75.0 Å². The van der Waals surface area contributed by atoms with Crippen molar-refractivity contribution < 1.29 is 13.2 Å². The van der Waals surface area contributed by atoms with Gasteiger partial charge in [-0.05, 0) is 49.1 Å². The molecule has 3 aliphatic rings. The maximum absolute atomic E-state index is 13.4. The van der Waals surface area contributed by atoms with Crippen molar-refractivity contribution in [2.24, 2.45) is 16.1 Å². The van der Waals surface area contributed by atoms with Crippen LogP contribution in [0.2, 0.25) is 0 Å². The van der Waals surface area contributed by atoms with Crippen molar-refractivity contribution in [3.05, 3.63) is 30.9 Å². The Bertz CT molecular complexity index is 1010. The van der Waals surface area contributed by atoms with Crippen molar-refractivity contribution in [3.8, 4) is 0 Å². The average molecular weight is 452 g/mol. The monoisotopic (exact) mass is 451 g/mol. The average Bonchev–Trinajstić information content (AvgIpc) is 3.37. The van der Waals surface area contributed by atoms with Crippen LogP contribution in [0.3, 0.4) is 0 Å². The van der Waals surface area contributed by atoms with E-state index in [1.807, 2.05) is 4.40 Å².